The minimum absolute atomic E-state index is 0.00275. The van der Waals surface area contributed by atoms with Gasteiger partial charge in [-0.2, -0.15) is 0 Å². The fourth-order valence-corrected chi connectivity index (χ4v) is 3.02. The van der Waals surface area contributed by atoms with Crippen molar-refractivity contribution in [2.75, 3.05) is 11.1 Å². The van der Waals surface area contributed by atoms with E-state index in [9.17, 15) is 4.79 Å². The third-order valence-corrected chi connectivity index (χ3v) is 4.47. The van der Waals surface area contributed by atoms with E-state index in [-0.39, 0.29) is 5.91 Å². The summed E-state index contributed by atoms with van der Waals surface area (Å²) in [6.45, 7) is 3.81. The number of nitrogens with zero attached hydrogens (tertiary/aromatic N) is 1. The Hall–Kier alpha value is -1.02. The Labute approximate surface area is 135 Å². The zero-order valence-electron chi connectivity index (χ0n) is 11.3. The highest BCUT2D eigenvalue weighted by Gasteiger charge is 2.10. The predicted octanol–water partition coefficient (Wildman–Crippen LogP) is 3.77. The first-order valence-corrected chi connectivity index (χ1v) is 8.34. The zero-order valence-corrected chi connectivity index (χ0v) is 14.2. The Morgan fingerprint density at radius 1 is 1.35 bits per heavy atom. The first kappa shape index (κ1) is 15.4. The van der Waals surface area contributed by atoms with Crippen molar-refractivity contribution >= 4 is 45.9 Å². The summed E-state index contributed by atoms with van der Waals surface area (Å²) < 4.78 is 6.24. The van der Waals surface area contributed by atoms with Crippen LogP contribution in [0.1, 0.15) is 17.0 Å². The van der Waals surface area contributed by atoms with E-state index in [1.165, 1.54) is 0 Å². The lowest BCUT2D eigenvalue weighted by Gasteiger charge is -2.05. The first-order chi connectivity index (χ1) is 9.56. The van der Waals surface area contributed by atoms with Gasteiger partial charge in [-0.1, -0.05) is 5.16 Å². The largest absolute Gasteiger partial charge is 0.361 e. The maximum atomic E-state index is 11.8. The van der Waals surface area contributed by atoms with E-state index < -0.39 is 0 Å². The summed E-state index contributed by atoms with van der Waals surface area (Å²) in [5.74, 6) is 1.98. The molecule has 0 aliphatic carbocycles. The topological polar surface area (TPSA) is 55.1 Å². The van der Waals surface area contributed by atoms with Crippen LogP contribution in [-0.2, 0) is 10.5 Å². The van der Waals surface area contributed by atoms with E-state index in [4.69, 9.17) is 4.52 Å². The van der Waals surface area contributed by atoms with Gasteiger partial charge < -0.3 is 9.84 Å². The van der Waals surface area contributed by atoms with Crippen LogP contribution in [0.3, 0.4) is 0 Å². The molecule has 0 spiro atoms. The van der Waals surface area contributed by atoms with Crippen LogP contribution in [0.2, 0.25) is 0 Å². The van der Waals surface area contributed by atoms with Gasteiger partial charge in [0.05, 0.1) is 11.4 Å². The second-order valence-corrected chi connectivity index (χ2v) is 6.58. The standard InChI is InChI=1S/C14H15IN2O2S/c1-9-13(10(2)19-17-9)7-20-8-14(18)16-12-5-3-11(15)4-6-12/h3-6H,7-8H2,1-2H3,(H,16,18). The molecule has 0 radical (unpaired) electrons. The number of nitrogens with one attached hydrogen (secondary N) is 1. The smallest absolute Gasteiger partial charge is 0.234 e. The van der Waals surface area contributed by atoms with Crippen molar-refractivity contribution in [3.63, 3.8) is 0 Å². The molecular formula is C14H15IN2O2S. The normalized spacial score (nSPS) is 10.6. The SMILES string of the molecule is Cc1noc(C)c1CSCC(=O)Nc1ccc(I)cc1. The average Bonchev–Trinajstić information content (AvgIpc) is 2.73. The highest BCUT2D eigenvalue weighted by Crippen LogP contribution is 2.19. The number of carbonyl (C=O) groups is 1. The molecule has 0 atom stereocenters. The van der Waals surface area contributed by atoms with Crippen molar-refractivity contribution in [2.45, 2.75) is 19.6 Å². The molecule has 1 aromatic heterocycles. The van der Waals surface area contributed by atoms with Crippen molar-refractivity contribution in [3.8, 4) is 0 Å². The van der Waals surface area contributed by atoms with Gasteiger partial charge in [0.15, 0.2) is 0 Å². The molecule has 6 heteroatoms. The van der Waals surface area contributed by atoms with Crippen LogP contribution in [0.25, 0.3) is 0 Å². The van der Waals surface area contributed by atoms with Gasteiger partial charge in [0.25, 0.3) is 0 Å². The summed E-state index contributed by atoms with van der Waals surface area (Å²) in [6, 6.07) is 7.73. The fraction of sp³-hybridized carbons (Fsp3) is 0.286. The average molecular weight is 402 g/mol. The molecule has 1 heterocycles. The number of aryl methyl sites for hydroxylation is 2. The van der Waals surface area contributed by atoms with Gasteiger partial charge in [-0.05, 0) is 60.7 Å². The molecule has 1 aromatic carbocycles. The molecule has 106 valence electrons. The Morgan fingerprint density at radius 2 is 2.05 bits per heavy atom. The van der Waals surface area contributed by atoms with Gasteiger partial charge >= 0.3 is 0 Å². The van der Waals surface area contributed by atoms with Gasteiger partial charge in [0.2, 0.25) is 5.91 Å². The Bertz CT molecular complexity index is 576. The summed E-state index contributed by atoms with van der Waals surface area (Å²) in [4.78, 5) is 11.8. The van der Waals surface area contributed by atoms with Crippen molar-refractivity contribution in [3.05, 3.63) is 44.9 Å². The van der Waals surface area contributed by atoms with E-state index in [1.807, 2.05) is 38.1 Å². The number of halogens is 1. The molecule has 0 saturated carbocycles. The monoisotopic (exact) mass is 402 g/mol. The van der Waals surface area contributed by atoms with E-state index in [0.717, 1.165) is 32.0 Å². The number of hydrogen-bond donors (Lipinski definition) is 1. The molecule has 0 aliphatic heterocycles. The molecule has 4 nitrogen and oxygen atoms in total. The third kappa shape index (κ3) is 4.24. The first-order valence-electron chi connectivity index (χ1n) is 6.11. The number of aromatic nitrogens is 1. The summed E-state index contributed by atoms with van der Waals surface area (Å²) in [5, 5.41) is 6.78. The molecule has 0 aliphatic rings. The predicted molar refractivity (Wildman–Crippen MR) is 89.9 cm³/mol. The maximum absolute atomic E-state index is 11.8. The lowest BCUT2D eigenvalue weighted by Crippen LogP contribution is -2.14. The molecule has 0 saturated heterocycles. The molecule has 2 rings (SSSR count). The van der Waals surface area contributed by atoms with Gasteiger partial charge in [0.1, 0.15) is 5.76 Å². The van der Waals surface area contributed by atoms with Crippen LogP contribution >= 0.6 is 34.4 Å². The van der Waals surface area contributed by atoms with Crippen molar-refractivity contribution in [1.82, 2.24) is 5.16 Å². The van der Waals surface area contributed by atoms with Gasteiger partial charge in [-0.15, -0.1) is 11.8 Å². The molecule has 2 aromatic rings. The van der Waals surface area contributed by atoms with Crippen LogP contribution in [0.5, 0.6) is 0 Å². The van der Waals surface area contributed by atoms with E-state index in [1.54, 1.807) is 11.8 Å². The Balaban J connectivity index is 1.79. The Kier molecular flexibility index (Phi) is 5.47. The lowest BCUT2D eigenvalue weighted by molar-refractivity contribution is -0.113. The number of rotatable bonds is 5. The van der Waals surface area contributed by atoms with Crippen LogP contribution in [0.15, 0.2) is 28.8 Å². The maximum Gasteiger partial charge on any atom is 0.234 e. The van der Waals surface area contributed by atoms with Crippen molar-refractivity contribution in [1.29, 1.82) is 0 Å². The molecule has 0 unspecified atom stereocenters. The van der Waals surface area contributed by atoms with Crippen LogP contribution in [0, 0.1) is 17.4 Å². The van der Waals surface area contributed by atoms with Crippen molar-refractivity contribution in [2.24, 2.45) is 0 Å². The fourth-order valence-electron chi connectivity index (χ4n) is 1.68. The minimum atomic E-state index is 0.00275. The number of anilines is 1. The van der Waals surface area contributed by atoms with E-state index in [0.29, 0.717) is 5.75 Å². The van der Waals surface area contributed by atoms with Crippen LogP contribution in [-0.4, -0.2) is 16.8 Å². The highest BCUT2D eigenvalue weighted by molar-refractivity contribution is 14.1. The van der Waals surface area contributed by atoms with Gasteiger partial charge in [-0.25, -0.2) is 0 Å². The molecule has 1 N–H and O–H groups in total. The summed E-state index contributed by atoms with van der Waals surface area (Å²) in [6.07, 6.45) is 0. The van der Waals surface area contributed by atoms with E-state index in [2.05, 4.69) is 33.1 Å². The third-order valence-electron chi connectivity index (χ3n) is 2.79. The van der Waals surface area contributed by atoms with Gasteiger partial charge in [-0.3, -0.25) is 4.79 Å². The number of thioether (sulfide) groups is 1. The number of amides is 1. The Morgan fingerprint density at radius 3 is 2.65 bits per heavy atom. The quantitative estimate of drug-likeness (QED) is 0.774. The van der Waals surface area contributed by atoms with Gasteiger partial charge in [0, 0.05) is 20.6 Å². The summed E-state index contributed by atoms with van der Waals surface area (Å²) in [5.41, 5.74) is 2.80. The number of benzene rings is 1. The molecular weight excluding hydrogens is 387 g/mol. The van der Waals surface area contributed by atoms with Crippen LogP contribution in [0.4, 0.5) is 5.69 Å². The van der Waals surface area contributed by atoms with Crippen molar-refractivity contribution < 1.29 is 9.32 Å². The summed E-state index contributed by atoms with van der Waals surface area (Å²) >= 11 is 3.79. The zero-order chi connectivity index (χ0) is 14.5. The second kappa shape index (κ2) is 7.12. The number of carbonyl (C=O) groups excluding carboxylic acids is 1. The minimum Gasteiger partial charge on any atom is -0.361 e. The summed E-state index contributed by atoms with van der Waals surface area (Å²) in [7, 11) is 0. The number of hydrogen-bond acceptors (Lipinski definition) is 4. The molecule has 0 bridgehead atoms. The molecule has 20 heavy (non-hydrogen) atoms. The molecule has 1 amide bonds. The second-order valence-electron chi connectivity index (χ2n) is 4.35. The lowest BCUT2D eigenvalue weighted by atomic mass is 10.2. The van der Waals surface area contributed by atoms with Crippen LogP contribution < -0.4 is 5.32 Å². The molecule has 0 fully saturated rings. The highest BCUT2D eigenvalue weighted by atomic mass is 127. The van der Waals surface area contributed by atoms with E-state index >= 15 is 0 Å².